The molecular formula is C36H39F3O2. The molecule has 0 saturated heterocycles. The standard InChI is InChI=1S/C36H39F3O2/c1-2-3-4-5-6-11-25-16-18-26(19-17-25)27-20-22-28(23-21-27)35(40)41-34(36(37,38)39)33-31-14-9-7-12-29(31)24-30-13-8-10-15-32(30)33/h7-10,12-15,20-26,34H,2-6,11,16-19H2,1H3. The molecule has 216 valence electrons. The number of benzene rings is 4. The summed E-state index contributed by atoms with van der Waals surface area (Å²) in [6, 6.07) is 22.7. The van der Waals surface area contributed by atoms with E-state index in [-0.39, 0.29) is 11.1 Å². The summed E-state index contributed by atoms with van der Waals surface area (Å²) < 4.78 is 48.9. The van der Waals surface area contributed by atoms with E-state index in [1.54, 1.807) is 60.7 Å². The number of hydrogen-bond acceptors (Lipinski definition) is 2. The Balaban J connectivity index is 1.29. The first-order valence-corrected chi connectivity index (χ1v) is 15.1. The summed E-state index contributed by atoms with van der Waals surface area (Å²) in [5, 5.41) is 2.19. The summed E-state index contributed by atoms with van der Waals surface area (Å²) in [4.78, 5) is 13.1. The molecule has 1 fully saturated rings. The molecule has 5 heteroatoms. The first kappa shape index (κ1) is 29.2. The van der Waals surface area contributed by atoms with Gasteiger partial charge in [0.1, 0.15) is 0 Å². The third-order valence-corrected chi connectivity index (χ3v) is 8.78. The maximum atomic E-state index is 14.5. The highest BCUT2D eigenvalue weighted by atomic mass is 19.4. The molecule has 0 aliphatic heterocycles. The number of fused-ring (bicyclic) bond motifs is 2. The van der Waals surface area contributed by atoms with Crippen LogP contribution < -0.4 is 0 Å². The van der Waals surface area contributed by atoms with E-state index < -0.39 is 18.2 Å². The lowest BCUT2D eigenvalue weighted by atomic mass is 9.77. The highest BCUT2D eigenvalue weighted by molar-refractivity contribution is 6.03. The van der Waals surface area contributed by atoms with Crippen LogP contribution in [0.1, 0.15) is 105 Å². The Morgan fingerprint density at radius 3 is 1.98 bits per heavy atom. The van der Waals surface area contributed by atoms with Crippen molar-refractivity contribution < 1.29 is 22.7 Å². The van der Waals surface area contributed by atoms with Crippen LogP contribution >= 0.6 is 0 Å². The van der Waals surface area contributed by atoms with Gasteiger partial charge in [0.15, 0.2) is 0 Å². The molecule has 0 aromatic heterocycles. The molecule has 1 aliphatic carbocycles. The molecule has 1 saturated carbocycles. The Hall–Kier alpha value is -3.34. The molecule has 41 heavy (non-hydrogen) atoms. The highest BCUT2D eigenvalue weighted by Crippen LogP contribution is 2.43. The van der Waals surface area contributed by atoms with Gasteiger partial charge in [0.25, 0.3) is 0 Å². The molecule has 4 aromatic rings. The molecule has 0 N–H and O–H groups in total. The zero-order chi connectivity index (χ0) is 28.8. The van der Waals surface area contributed by atoms with Gasteiger partial charge in [-0.25, -0.2) is 4.79 Å². The lowest BCUT2D eigenvalue weighted by Crippen LogP contribution is -2.27. The molecule has 2 nitrogen and oxygen atoms in total. The summed E-state index contributed by atoms with van der Waals surface area (Å²) in [6.07, 6.45) is 5.40. The van der Waals surface area contributed by atoms with Crippen LogP contribution in [0, 0.1) is 5.92 Å². The fourth-order valence-electron chi connectivity index (χ4n) is 6.51. The minimum atomic E-state index is -4.78. The van der Waals surface area contributed by atoms with Crippen molar-refractivity contribution in [3.63, 3.8) is 0 Å². The zero-order valence-electron chi connectivity index (χ0n) is 23.8. The van der Waals surface area contributed by atoms with Crippen molar-refractivity contribution in [1.82, 2.24) is 0 Å². The molecule has 4 aromatic carbocycles. The minimum Gasteiger partial charge on any atom is -0.444 e. The SMILES string of the molecule is CCCCCCCC1CCC(c2ccc(C(=O)OC(c3c4ccccc4cc4ccccc34)C(F)(F)F)cc2)CC1. The molecule has 0 amide bonds. The van der Waals surface area contributed by atoms with Crippen molar-refractivity contribution in [2.75, 3.05) is 0 Å². The lowest BCUT2D eigenvalue weighted by molar-refractivity contribution is -0.206. The third kappa shape index (κ3) is 6.94. The van der Waals surface area contributed by atoms with Gasteiger partial charge < -0.3 is 4.74 Å². The predicted molar refractivity (Wildman–Crippen MR) is 160 cm³/mol. The number of ether oxygens (including phenoxy) is 1. The molecule has 1 aliphatic rings. The maximum Gasteiger partial charge on any atom is 0.429 e. The largest absolute Gasteiger partial charge is 0.444 e. The van der Waals surface area contributed by atoms with E-state index in [1.807, 2.05) is 18.2 Å². The van der Waals surface area contributed by atoms with E-state index in [1.165, 1.54) is 51.4 Å². The molecular weight excluding hydrogens is 521 g/mol. The number of esters is 1. The summed E-state index contributed by atoms with van der Waals surface area (Å²) >= 11 is 0. The number of halogens is 3. The quantitative estimate of drug-likeness (QED) is 0.110. The van der Waals surface area contributed by atoms with Crippen molar-refractivity contribution in [3.8, 4) is 0 Å². The molecule has 1 atom stereocenters. The monoisotopic (exact) mass is 560 g/mol. The van der Waals surface area contributed by atoms with Gasteiger partial charge in [-0.15, -0.1) is 0 Å². The van der Waals surface area contributed by atoms with E-state index in [4.69, 9.17) is 4.74 Å². The van der Waals surface area contributed by atoms with E-state index in [9.17, 15) is 18.0 Å². The number of hydrogen-bond donors (Lipinski definition) is 0. The van der Waals surface area contributed by atoms with Gasteiger partial charge >= 0.3 is 12.1 Å². The Morgan fingerprint density at radius 2 is 1.39 bits per heavy atom. The second-order valence-corrected chi connectivity index (χ2v) is 11.6. The summed E-state index contributed by atoms with van der Waals surface area (Å²) in [5.41, 5.74) is 1.25. The van der Waals surface area contributed by atoms with Gasteiger partial charge in [0.2, 0.25) is 6.10 Å². The van der Waals surface area contributed by atoms with Crippen molar-refractivity contribution in [2.24, 2.45) is 5.92 Å². The molecule has 1 unspecified atom stereocenters. The normalized spacial score (nSPS) is 18.4. The van der Waals surface area contributed by atoms with Gasteiger partial charge in [0.05, 0.1) is 5.56 Å². The van der Waals surface area contributed by atoms with Crippen molar-refractivity contribution in [1.29, 1.82) is 0 Å². The maximum absolute atomic E-state index is 14.5. The van der Waals surface area contributed by atoms with Crippen LogP contribution in [0.3, 0.4) is 0 Å². The highest BCUT2D eigenvalue weighted by Gasteiger charge is 2.46. The average molecular weight is 561 g/mol. The fraction of sp³-hybridized carbons (Fsp3) is 0.417. The topological polar surface area (TPSA) is 26.3 Å². The van der Waals surface area contributed by atoms with Crippen LogP contribution in [0.25, 0.3) is 21.5 Å². The predicted octanol–water partition coefficient (Wildman–Crippen LogP) is 11.1. The van der Waals surface area contributed by atoms with Crippen LogP contribution in [0.15, 0.2) is 78.9 Å². The van der Waals surface area contributed by atoms with Gasteiger partial charge in [-0.1, -0.05) is 106 Å². The van der Waals surface area contributed by atoms with Crippen molar-refractivity contribution in [2.45, 2.75) is 89.3 Å². The molecule has 0 spiro atoms. The zero-order valence-corrected chi connectivity index (χ0v) is 23.8. The second-order valence-electron chi connectivity index (χ2n) is 11.6. The van der Waals surface area contributed by atoms with Gasteiger partial charge in [-0.2, -0.15) is 13.2 Å². The minimum absolute atomic E-state index is 0.0294. The second kappa shape index (κ2) is 13.1. The number of rotatable bonds is 10. The third-order valence-electron chi connectivity index (χ3n) is 8.78. The number of unbranched alkanes of at least 4 members (excludes halogenated alkanes) is 4. The first-order valence-electron chi connectivity index (χ1n) is 15.1. The number of carbonyl (C=O) groups excluding carboxylic acids is 1. The Morgan fingerprint density at radius 1 is 0.805 bits per heavy atom. The molecule has 0 radical (unpaired) electrons. The van der Waals surface area contributed by atoms with Gasteiger partial charge in [-0.3, -0.25) is 0 Å². The number of carbonyl (C=O) groups is 1. The Labute approximate surface area is 240 Å². The van der Waals surface area contributed by atoms with Crippen LogP contribution in [0.5, 0.6) is 0 Å². The summed E-state index contributed by atoms with van der Waals surface area (Å²) in [5.74, 6) is 0.260. The van der Waals surface area contributed by atoms with E-state index in [2.05, 4.69) is 6.92 Å². The smallest absolute Gasteiger partial charge is 0.429 e. The van der Waals surface area contributed by atoms with E-state index >= 15 is 0 Å². The van der Waals surface area contributed by atoms with Crippen LogP contribution in [0.4, 0.5) is 13.2 Å². The van der Waals surface area contributed by atoms with E-state index in [0.29, 0.717) is 27.5 Å². The fourth-order valence-corrected chi connectivity index (χ4v) is 6.51. The van der Waals surface area contributed by atoms with E-state index in [0.717, 1.165) is 24.3 Å². The summed E-state index contributed by atoms with van der Waals surface area (Å²) in [6.45, 7) is 2.24. The van der Waals surface area contributed by atoms with Crippen LogP contribution in [-0.2, 0) is 4.74 Å². The molecule has 0 bridgehead atoms. The van der Waals surface area contributed by atoms with Crippen molar-refractivity contribution >= 4 is 27.5 Å². The average Bonchev–Trinajstić information content (AvgIpc) is 2.98. The van der Waals surface area contributed by atoms with Gasteiger partial charge in [0, 0.05) is 5.56 Å². The summed E-state index contributed by atoms with van der Waals surface area (Å²) in [7, 11) is 0. The van der Waals surface area contributed by atoms with Crippen LogP contribution in [-0.4, -0.2) is 12.1 Å². The Bertz CT molecular complexity index is 1400. The first-order chi connectivity index (χ1) is 19.8. The van der Waals surface area contributed by atoms with Crippen molar-refractivity contribution in [3.05, 3.63) is 95.6 Å². The van der Waals surface area contributed by atoms with Gasteiger partial charge in [-0.05, 0) is 82.8 Å². The van der Waals surface area contributed by atoms with Crippen LogP contribution in [0.2, 0.25) is 0 Å². The number of alkyl halides is 3. The Kier molecular flexibility index (Phi) is 9.32. The molecule has 0 heterocycles. The lowest BCUT2D eigenvalue weighted by Gasteiger charge is -2.29. The molecule has 5 rings (SSSR count).